The second kappa shape index (κ2) is 9.16. The molecule has 0 fully saturated rings. The van der Waals surface area contributed by atoms with Gasteiger partial charge in [0.15, 0.2) is 0 Å². The van der Waals surface area contributed by atoms with Crippen molar-refractivity contribution >= 4 is 15.5 Å². The van der Waals surface area contributed by atoms with E-state index in [4.69, 9.17) is 24.0 Å². The second-order valence-electron chi connectivity index (χ2n) is 0.736. The minimum Gasteiger partial charge on any atom is -1.00 e. The maximum Gasteiger partial charge on any atom is 1.00 e. The molecule has 52 valence electrons. The summed E-state index contributed by atoms with van der Waals surface area (Å²) >= 11 is 0. The van der Waals surface area contributed by atoms with Gasteiger partial charge in [-0.15, -0.1) is 0 Å². The van der Waals surface area contributed by atoms with Crippen molar-refractivity contribution in [3.63, 3.8) is 0 Å². The molecule has 0 aliphatic heterocycles. The average molecular weight is 181 g/mol. The standard InChI is InChI=1S/CH3NO.K.H4O4Si.H/c2-1-3;;1-5(2,3)4;/h1H,(H2,2,3);;1-4H;/q;+1;;-1. The first-order valence-corrected chi connectivity index (χ1v) is 3.25. The van der Waals surface area contributed by atoms with Gasteiger partial charge >= 0.3 is 60.4 Å². The largest absolute Gasteiger partial charge is 1.00 e. The molecular formula is CH8KNO5Si. The number of amides is 1. The van der Waals surface area contributed by atoms with Crippen molar-refractivity contribution in [1.82, 2.24) is 0 Å². The molecule has 0 aromatic heterocycles. The molecular weight excluding hydrogens is 173 g/mol. The molecule has 0 aliphatic carbocycles. The van der Waals surface area contributed by atoms with Crippen LogP contribution in [0.3, 0.4) is 0 Å². The van der Waals surface area contributed by atoms with Gasteiger partial charge in [-0.2, -0.15) is 0 Å². The van der Waals surface area contributed by atoms with Crippen molar-refractivity contribution in [2.45, 2.75) is 0 Å². The zero-order valence-corrected chi connectivity index (χ0v) is 8.97. The topological polar surface area (TPSA) is 124 Å². The third-order valence-corrected chi connectivity index (χ3v) is 0. The van der Waals surface area contributed by atoms with E-state index in [1.165, 1.54) is 0 Å². The van der Waals surface area contributed by atoms with E-state index in [-0.39, 0.29) is 59.2 Å². The Morgan fingerprint density at radius 3 is 1.33 bits per heavy atom. The van der Waals surface area contributed by atoms with Gasteiger partial charge in [0.25, 0.3) is 0 Å². The molecule has 0 unspecified atom stereocenters. The first-order valence-electron chi connectivity index (χ1n) is 1.46. The monoisotopic (exact) mass is 181 g/mol. The minimum absolute atomic E-state index is 0. The molecule has 0 heterocycles. The van der Waals surface area contributed by atoms with Gasteiger partial charge in [0, 0.05) is 0 Å². The van der Waals surface area contributed by atoms with Crippen LogP contribution in [0.2, 0.25) is 0 Å². The number of hydrogen-bond acceptors (Lipinski definition) is 5. The van der Waals surface area contributed by atoms with Crippen LogP contribution < -0.4 is 57.1 Å². The Balaban J connectivity index is -0.0000000326. The van der Waals surface area contributed by atoms with Crippen LogP contribution in [-0.4, -0.2) is 34.6 Å². The molecule has 1 amide bonds. The molecule has 8 heteroatoms. The van der Waals surface area contributed by atoms with E-state index in [1.54, 1.807) is 0 Å². The number of nitrogens with two attached hydrogens (primary N) is 1. The molecule has 6 nitrogen and oxygen atoms in total. The van der Waals surface area contributed by atoms with E-state index in [0.29, 0.717) is 0 Å². The molecule has 0 radical (unpaired) electrons. The van der Waals surface area contributed by atoms with Gasteiger partial charge < -0.3 is 26.3 Å². The Labute approximate surface area is 96.7 Å². The maximum atomic E-state index is 8.58. The van der Waals surface area contributed by atoms with E-state index in [0.717, 1.165) is 0 Å². The number of hydrogen-bond donors (Lipinski definition) is 5. The van der Waals surface area contributed by atoms with Gasteiger partial charge in [-0.25, -0.2) is 0 Å². The average Bonchev–Trinajstić information content (AvgIpc) is 1.27. The van der Waals surface area contributed by atoms with Crippen LogP contribution in [0.1, 0.15) is 1.43 Å². The minimum atomic E-state index is -4.61. The molecule has 0 bridgehead atoms. The summed E-state index contributed by atoms with van der Waals surface area (Å²) in [6.45, 7) is 0. The van der Waals surface area contributed by atoms with E-state index >= 15 is 0 Å². The summed E-state index contributed by atoms with van der Waals surface area (Å²) in [4.78, 5) is 37.9. The smallest absolute Gasteiger partial charge is 1.00 e. The Morgan fingerprint density at radius 1 is 1.33 bits per heavy atom. The van der Waals surface area contributed by atoms with Gasteiger partial charge in [0.2, 0.25) is 6.41 Å². The fourth-order valence-corrected chi connectivity index (χ4v) is 0. The molecule has 0 saturated heterocycles. The first-order chi connectivity index (χ1) is 3.41. The summed E-state index contributed by atoms with van der Waals surface area (Å²) in [6.07, 6.45) is 0.250. The Bertz CT molecular complexity index is 61.2. The number of rotatable bonds is 0. The van der Waals surface area contributed by atoms with Crippen LogP contribution in [0.4, 0.5) is 0 Å². The Hall–Kier alpha value is 1.16. The van der Waals surface area contributed by atoms with E-state index < -0.39 is 9.05 Å². The molecule has 0 aromatic carbocycles. The van der Waals surface area contributed by atoms with E-state index in [9.17, 15) is 0 Å². The molecule has 0 saturated carbocycles. The van der Waals surface area contributed by atoms with Crippen molar-refractivity contribution in [3.05, 3.63) is 0 Å². The quantitative estimate of drug-likeness (QED) is 0.188. The van der Waals surface area contributed by atoms with Crippen LogP contribution in [-0.2, 0) is 4.79 Å². The van der Waals surface area contributed by atoms with Crippen molar-refractivity contribution < 1.29 is 76.8 Å². The molecule has 0 spiro atoms. The second-order valence-corrected chi connectivity index (χ2v) is 1.94. The van der Waals surface area contributed by atoms with Crippen molar-refractivity contribution in [2.75, 3.05) is 0 Å². The number of carbonyl (C=O) groups is 1. The van der Waals surface area contributed by atoms with Crippen LogP contribution in [0.25, 0.3) is 0 Å². The summed E-state index contributed by atoms with van der Waals surface area (Å²) in [5.41, 5.74) is 4.17. The van der Waals surface area contributed by atoms with Crippen molar-refractivity contribution in [1.29, 1.82) is 0 Å². The zero-order chi connectivity index (χ0) is 7.21. The SMILES string of the molecule is NC=O.O[Si](O)(O)O.[H-].[K+]. The third-order valence-electron chi connectivity index (χ3n) is 0. The molecule has 0 rings (SSSR count). The van der Waals surface area contributed by atoms with Gasteiger partial charge in [0.05, 0.1) is 0 Å². The predicted octanol–water partition coefficient (Wildman–Crippen LogP) is -6.39. The first kappa shape index (κ1) is 16.6. The molecule has 0 aliphatic rings. The summed E-state index contributed by atoms with van der Waals surface area (Å²) in [5.74, 6) is 0. The molecule has 0 aromatic rings. The normalized spacial score (nSPS) is 8.00. The van der Waals surface area contributed by atoms with Crippen molar-refractivity contribution in [2.24, 2.45) is 5.73 Å². The van der Waals surface area contributed by atoms with Crippen molar-refractivity contribution in [3.8, 4) is 0 Å². The van der Waals surface area contributed by atoms with Crippen LogP contribution in [0, 0.1) is 0 Å². The number of carbonyl (C=O) groups excluding carboxylic acids is 1. The summed E-state index contributed by atoms with van der Waals surface area (Å²) < 4.78 is 0. The molecule has 6 N–H and O–H groups in total. The van der Waals surface area contributed by atoms with Gasteiger partial charge in [-0.05, 0) is 0 Å². The molecule has 9 heavy (non-hydrogen) atoms. The van der Waals surface area contributed by atoms with Crippen LogP contribution in [0.15, 0.2) is 0 Å². The fourth-order valence-electron chi connectivity index (χ4n) is 0. The predicted molar refractivity (Wildman–Crippen MR) is 26.0 cm³/mol. The van der Waals surface area contributed by atoms with Gasteiger partial charge in [-0.1, -0.05) is 0 Å². The molecule has 0 atom stereocenters. The van der Waals surface area contributed by atoms with Crippen LogP contribution >= 0.6 is 0 Å². The van der Waals surface area contributed by atoms with Gasteiger partial charge in [-0.3, -0.25) is 4.79 Å². The van der Waals surface area contributed by atoms with Crippen LogP contribution in [0.5, 0.6) is 0 Å². The Morgan fingerprint density at radius 2 is 1.33 bits per heavy atom. The summed E-state index contributed by atoms with van der Waals surface area (Å²) in [5, 5.41) is 0. The van der Waals surface area contributed by atoms with E-state index in [1.807, 2.05) is 0 Å². The summed E-state index contributed by atoms with van der Waals surface area (Å²) in [6, 6.07) is 0. The third kappa shape index (κ3) is 347. The fraction of sp³-hybridized carbons (Fsp3) is 0. The maximum absolute atomic E-state index is 8.58. The Kier molecular flexibility index (Phi) is 16.9. The summed E-state index contributed by atoms with van der Waals surface area (Å²) in [7, 11) is -4.61. The van der Waals surface area contributed by atoms with E-state index in [2.05, 4.69) is 5.73 Å². The number of primary amides is 1. The zero-order valence-electron chi connectivity index (χ0n) is 5.85. The van der Waals surface area contributed by atoms with Gasteiger partial charge in [0.1, 0.15) is 0 Å².